The molecule has 0 amide bonds. The van der Waals surface area contributed by atoms with Crippen LogP contribution in [0, 0.1) is 17.2 Å². The van der Waals surface area contributed by atoms with Crippen LogP contribution in [0.3, 0.4) is 0 Å². The summed E-state index contributed by atoms with van der Waals surface area (Å²) in [6.45, 7) is 0.380. The standard InChI is InChI=1S/C24H26N2O2/c1-26-21-8-5-9-22(26)13-20(12-21)24(27)18-10-11-19(15-25)23(14-18)28-16-17-6-3-2-4-7-17/h2-4,6-7,10-11,14,20-22H,5,8-9,12-13,16H2,1H3. The minimum Gasteiger partial charge on any atom is -0.487 e. The molecular formula is C24H26N2O2. The Morgan fingerprint density at radius 1 is 1.14 bits per heavy atom. The van der Waals surface area contributed by atoms with E-state index in [0.717, 1.165) is 18.4 Å². The molecule has 2 atom stereocenters. The molecule has 2 fully saturated rings. The lowest BCUT2D eigenvalue weighted by Crippen LogP contribution is -2.51. The van der Waals surface area contributed by atoms with Crippen molar-refractivity contribution in [3.63, 3.8) is 0 Å². The van der Waals surface area contributed by atoms with Gasteiger partial charge in [-0.1, -0.05) is 36.8 Å². The maximum atomic E-state index is 13.2. The molecular weight excluding hydrogens is 348 g/mol. The summed E-state index contributed by atoms with van der Waals surface area (Å²) in [5, 5.41) is 9.41. The van der Waals surface area contributed by atoms with Gasteiger partial charge in [-0.15, -0.1) is 0 Å². The van der Waals surface area contributed by atoms with Gasteiger partial charge >= 0.3 is 0 Å². The van der Waals surface area contributed by atoms with Gasteiger partial charge in [0.15, 0.2) is 5.78 Å². The number of rotatable bonds is 5. The van der Waals surface area contributed by atoms with Crippen LogP contribution in [-0.4, -0.2) is 29.8 Å². The van der Waals surface area contributed by atoms with Gasteiger partial charge in [0.05, 0.1) is 5.56 Å². The molecule has 4 rings (SSSR count). The Balaban J connectivity index is 1.51. The van der Waals surface area contributed by atoms with Crippen LogP contribution < -0.4 is 4.74 Å². The highest BCUT2D eigenvalue weighted by Gasteiger charge is 2.38. The minimum absolute atomic E-state index is 0.0707. The van der Waals surface area contributed by atoms with Crippen LogP contribution in [0.5, 0.6) is 5.75 Å². The average Bonchev–Trinajstić information content (AvgIpc) is 2.72. The zero-order valence-corrected chi connectivity index (χ0v) is 16.3. The van der Waals surface area contributed by atoms with Gasteiger partial charge in [-0.25, -0.2) is 0 Å². The summed E-state index contributed by atoms with van der Waals surface area (Å²) >= 11 is 0. The average molecular weight is 374 g/mol. The van der Waals surface area contributed by atoms with Crippen LogP contribution >= 0.6 is 0 Å². The smallest absolute Gasteiger partial charge is 0.166 e. The lowest BCUT2D eigenvalue weighted by molar-refractivity contribution is 0.0338. The van der Waals surface area contributed by atoms with Crippen LogP contribution in [0.1, 0.15) is 53.6 Å². The number of hydrogen-bond donors (Lipinski definition) is 0. The summed E-state index contributed by atoms with van der Waals surface area (Å²) in [5.74, 6) is 0.755. The number of benzene rings is 2. The number of Topliss-reactive ketones (excluding diaryl/α,β-unsaturated/α-hetero) is 1. The number of piperidine rings is 2. The normalized spacial score (nSPS) is 24.4. The van der Waals surface area contributed by atoms with E-state index in [1.807, 2.05) is 30.3 Å². The molecule has 0 radical (unpaired) electrons. The highest BCUT2D eigenvalue weighted by molar-refractivity contribution is 5.98. The number of hydrogen-bond acceptors (Lipinski definition) is 4. The van der Waals surface area contributed by atoms with Crippen molar-refractivity contribution in [1.82, 2.24) is 4.90 Å². The number of carbonyl (C=O) groups excluding carboxylic acids is 1. The summed E-state index contributed by atoms with van der Waals surface area (Å²) in [6.07, 6.45) is 5.53. The van der Waals surface area contributed by atoms with Crippen molar-refractivity contribution in [1.29, 1.82) is 5.26 Å². The van der Waals surface area contributed by atoms with E-state index >= 15 is 0 Å². The maximum Gasteiger partial charge on any atom is 0.166 e. The molecule has 0 aliphatic carbocycles. The van der Waals surface area contributed by atoms with Gasteiger partial charge in [0.1, 0.15) is 18.4 Å². The van der Waals surface area contributed by atoms with Crippen molar-refractivity contribution in [3.8, 4) is 11.8 Å². The van der Waals surface area contributed by atoms with Crippen LogP contribution in [0.2, 0.25) is 0 Å². The van der Waals surface area contributed by atoms with Crippen LogP contribution in [0.25, 0.3) is 0 Å². The second-order valence-corrected chi connectivity index (χ2v) is 8.03. The van der Waals surface area contributed by atoms with E-state index in [9.17, 15) is 10.1 Å². The molecule has 2 heterocycles. The highest BCUT2D eigenvalue weighted by atomic mass is 16.5. The molecule has 2 unspecified atom stereocenters. The van der Waals surface area contributed by atoms with Crippen molar-refractivity contribution < 1.29 is 9.53 Å². The second kappa shape index (κ2) is 8.16. The molecule has 2 aromatic rings. The quantitative estimate of drug-likeness (QED) is 0.719. The van der Waals surface area contributed by atoms with Gasteiger partial charge < -0.3 is 9.64 Å². The molecule has 4 nitrogen and oxygen atoms in total. The van der Waals surface area contributed by atoms with Crippen molar-refractivity contribution in [3.05, 3.63) is 65.2 Å². The van der Waals surface area contributed by atoms with E-state index in [-0.39, 0.29) is 11.7 Å². The zero-order chi connectivity index (χ0) is 19.5. The van der Waals surface area contributed by atoms with Gasteiger partial charge in [0.2, 0.25) is 0 Å². The molecule has 2 bridgehead atoms. The third kappa shape index (κ3) is 3.81. The van der Waals surface area contributed by atoms with Gasteiger partial charge in [-0.05, 0) is 56.5 Å². The van der Waals surface area contributed by atoms with E-state index in [1.54, 1.807) is 18.2 Å². The lowest BCUT2D eigenvalue weighted by atomic mass is 9.76. The summed E-state index contributed by atoms with van der Waals surface area (Å²) in [4.78, 5) is 15.7. The van der Waals surface area contributed by atoms with Gasteiger partial charge in [-0.2, -0.15) is 5.26 Å². The number of ether oxygens (including phenoxy) is 1. The number of ketones is 1. The molecule has 0 aromatic heterocycles. The fourth-order valence-corrected chi connectivity index (χ4v) is 4.69. The molecule has 144 valence electrons. The topological polar surface area (TPSA) is 53.3 Å². The van der Waals surface area contributed by atoms with E-state index in [2.05, 4.69) is 18.0 Å². The van der Waals surface area contributed by atoms with Crippen molar-refractivity contribution in [2.24, 2.45) is 5.92 Å². The fraction of sp³-hybridized carbons (Fsp3) is 0.417. The predicted molar refractivity (Wildman–Crippen MR) is 108 cm³/mol. The van der Waals surface area contributed by atoms with Crippen molar-refractivity contribution >= 4 is 5.78 Å². The molecule has 0 N–H and O–H groups in total. The first-order chi connectivity index (χ1) is 13.7. The predicted octanol–water partition coefficient (Wildman–Crippen LogP) is 4.58. The summed E-state index contributed by atoms with van der Waals surface area (Å²) in [6, 6.07) is 18.3. The number of nitrogens with zero attached hydrogens (tertiary/aromatic N) is 2. The van der Waals surface area contributed by atoms with E-state index < -0.39 is 0 Å². The fourth-order valence-electron chi connectivity index (χ4n) is 4.69. The first-order valence-electron chi connectivity index (χ1n) is 10.1. The first-order valence-corrected chi connectivity index (χ1v) is 10.1. The zero-order valence-electron chi connectivity index (χ0n) is 16.3. The first kappa shape index (κ1) is 18.7. The third-order valence-corrected chi connectivity index (χ3v) is 6.33. The molecule has 0 saturated carbocycles. The van der Waals surface area contributed by atoms with Crippen LogP contribution in [0.4, 0.5) is 0 Å². The summed E-state index contributed by atoms with van der Waals surface area (Å²) in [5.41, 5.74) is 2.16. The van der Waals surface area contributed by atoms with Gasteiger partial charge in [0.25, 0.3) is 0 Å². The molecule has 2 aromatic carbocycles. The van der Waals surface area contributed by atoms with Crippen molar-refractivity contribution in [2.45, 2.75) is 50.8 Å². The number of fused-ring (bicyclic) bond motifs is 2. The molecule has 2 aliphatic heterocycles. The van der Waals surface area contributed by atoms with Crippen molar-refractivity contribution in [2.75, 3.05) is 7.05 Å². The van der Waals surface area contributed by atoms with Crippen LogP contribution in [-0.2, 0) is 6.61 Å². The third-order valence-electron chi connectivity index (χ3n) is 6.33. The summed E-state index contributed by atoms with van der Waals surface area (Å²) < 4.78 is 5.90. The number of carbonyl (C=O) groups is 1. The summed E-state index contributed by atoms with van der Waals surface area (Å²) in [7, 11) is 2.20. The lowest BCUT2D eigenvalue weighted by Gasteiger charge is -2.46. The number of nitriles is 1. The molecule has 28 heavy (non-hydrogen) atoms. The molecule has 2 aliphatic rings. The SMILES string of the molecule is CN1C2CCCC1CC(C(=O)c1ccc(C#N)c(OCc3ccccc3)c1)C2. The Morgan fingerprint density at radius 2 is 1.86 bits per heavy atom. The largest absolute Gasteiger partial charge is 0.487 e. The monoisotopic (exact) mass is 374 g/mol. The highest BCUT2D eigenvalue weighted by Crippen LogP contribution is 2.37. The van der Waals surface area contributed by atoms with Crippen LogP contribution in [0.15, 0.2) is 48.5 Å². The molecule has 0 spiro atoms. The molecule has 2 saturated heterocycles. The van der Waals surface area contributed by atoms with Gasteiger partial charge in [-0.3, -0.25) is 4.79 Å². The molecule has 4 heteroatoms. The maximum absolute atomic E-state index is 13.2. The Labute approximate surface area is 166 Å². The van der Waals surface area contributed by atoms with E-state index in [1.165, 1.54) is 19.3 Å². The van der Waals surface area contributed by atoms with E-state index in [0.29, 0.717) is 35.6 Å². The van der Waals surface area contributed by atoms with E-state index in [4.69, 9.17) is 4.74 Å². The second-order valence-electron chi connectivity index (χ2n) is 8.03. The Hall–Kier alpha value is -2.64. The van der Waals surface area contributed by atoms with Gasteiger partial charge in [0, 0.05) is 23.6 Å². The Kier molecular flexibility index (Phi) is 5.45. The Bertz CT molecular complexity index is 873. The Morgan fingerprint density at radius 3 is 2.54 bits per heavy atom. The minimum atomic E-state index is 0.0707.